The third kappa shape index (κ3) is 5.56. The van der Waals surface area contributed by atoms with Gasteiger partial charge in [-0.15, -0.1) is 0 Å². The van der Waals surface area contributed by atoms with Gasteiger partial charge in [0.25, 0.3) is 11.6 Å². The quantitative estimate of drug-likeness (QED) is 0.238. The van der Waals surface area contributed by atoms with E-state index < -0.39 is 27.4 Å². The molecule has 34 heavy (non-hydrogen) atoms. The molecule has 3 rings (SSSR count). The number of amides is 1. The standard InChI is InChI=1S/C20H17N7O7/c1-2-34-20(29)13-4-3-5-14(10-13)23-17-16(27(32)33)18(22-11-21-17)24-25-19(28)12-6-8-15(9-7-12)26(30)31/h3-11H,2H2,1H3,(H,25,28)(H2,21,22,23,24). The second-order valence-electron chi connectivity index (χ2n) is 6.49. The van der Waals surface area contributed by atoms with E-state index >= 15 is 0 Å². The first-order valence-electron chi connectivity index (χ1n) is 9.64. The third-order valence-corrected chi connectivity index (χ3v) is 4.28. The van der Waals surface area contributed by atoms with Crippen molar-refractivity contribution >= 4 is 40.6 Å². The van der Waals surface area contributed by atoms with Crippen molar-refractivity contribution in [2.75, 3.05) is 17.3 Å². The molecule has 14 nitrogen and oxygen atoms in total. The molecule has 174 valence electrons. The van der Waals surface area contributed by atoms with Crippen LogP contribution in [0.15, 0.2) is 54.9 Å². The number of hydrogen-bond acceptors (Lipinski definition) is 11. The van der Waals surface area contributed by atoms with Crippen LogP contribution in [0.5, 0.6) is 0 Å². The van der Waals surface area contributed by atoms with Crippen LogP contribution in [0.3, 0.4) is 0 Å². The molecule has 0 spiro atoms. The molecule has 0 aliphatic rings. The molecule has 0 aliphatic carbocycles. The fraction of sp³-hybridized carbons (Fsp3) is 0.100. The number of rotatable bonds is 9. The molecule has 14 heteroatoms. The van der Waals surface area contributed by atoms with Gasteiger partial charge in [-0.25, -0.2) is 14.8 Å². The summed E-state index contributed by atoms with van der Waals surface area (Å²) in [6.45, 7) is 1.85. The predicted octanol–water partition coefficient (Wildman–Crippen LogP) is 2.97. The molecular weight excluding hydrogens is 450 g/mol. The summed E-state index contributed by atoms with van der Waals surface area (Å²) in [5, 5.41) is 25.2. The van der Waals surface area contributed by atoms with Gasteiger partial charge < -0.3 is 10.1 Å². The van der Waals surface area contributed by atoms with E-state index in [0.717, 1.165) is 18.5 Å². The number of carbonyl (C=O) groups excluding carboxylic acids is 2. The summed E-state index contributed by atoms with van der Waals surface area (Å²) in [5.74, 6) is -1.79. The number of hydrogen-bond donors (Lipinski definition) is 3. The molecule has 1 amide bonds. The molecule has 3 aromatic rings. The van der Waals surface area contributed by atoms with Gasteiger partial charge in [0.2, 0.25) is 11.6 Å². The molecule has 0 saturated heterocycles. The lowest BCUT2D eigenvalue weighted by molar-refractivity contribution is -0.384. The van der Waals surface area contributed by atoms with Crippen LogP contribution in [-0.2, 0) is 4.74 Å². The highest BCUT2D eigenvalue weighted by Crippen LogP contribution is 2.31. The zero-order valence-corrected chi connectivity index (χ0v) is 17.5. The minimum atomic E-state index is -0.752. The van der Waals surface area contributed by atoms with Crippen molar-refractivity contribution in [2.24, 2.45) is 0 Å². The lowest BCUT2D eigenvalue weighted by Gasteiger charge is -2.11. The van der Waals surface area contributed by atoms with Crippen molar-refractivity contribution in [3.8, 4) is 0 Å². The van der Waals surface area contributed by atoms with Gasteiger partial charge in [0.15, 0.2) is 0 Å². The maximum Gasteiger partial charge on any atom is 0.355 e. The summed E-state index contributed by atoms with van der Waals surface area (Å²) in [7, 11) is 0. The Morgan fingerprint density at radius 3 is 2.32 bits per heavy atom. The Hall–Kier alpha value is -5.14. The minimum absolute atomic E-state index is 0.0731. The van der Waals surface area contributed by atoms with Crippen LogP contribution in [0, 0.1) is 20.2 Å². The molecule has 0 bridgehead atoms. The smallest absolute Gasteiger partial charge is 0.355 e. The van der Waals surface area contributed by atoms with E-state index in [1.807, 2.05) is 0 Å². The number of ether oxygens (including phenoxy) is 1. The average molecular weight is 467 g/mol. The van der Waals surface area contributed by atoms with E-state index in [1.165, 1.54) is 24.3 Å². The summed E-state index contributed by atoms with van der Waals surface area (Å²) >= 11 is 0. The number of anilines is 3. The Balaban J connectivity index is 1.79. The molecule has 3 N–H and O–H groups in total. The van der Waals surface area contributed by atoms with Crippen LogP contribution in [-0.4, -0.2) is 38.3 Å². The SMILES string of the molecule is CCOC(=O)c1cccc(Nc2ncnc(NNC(=O)c3ccc([N+](=O)[O-])cc3)c2[N+](=O)[O-])c1. The fourth-order valence-corrected chi connectivity index (χ4v) is 2.73. The maximum atomic E-state index is 12.3. The molecule has 0 radical (unpaired) electrons. The van der Waals surface area contributed by atoms with Crippen LogP contribution >= 0.6 is 0 Å². The number of aromatic nitrogens is 2. The highest BCUT2D eigenvalue weighted by atomic mass is 16.6. The summed E-state index contributed by atoms with van der Waals surface area (Å²) in [6.07, 6.45) is 1.03. The van der Waals surface area contributed by atoms with Crippen molar-refractivity contribution in [1.82, 2.24) is 15.4 Å². The average Bonchev–Trinajstić information content (AvgIpc) is 2.82. The second kappa shape index (κ2) is 10.4. The van der Waals surface area contributed by atoms with Crippen molar-refractivity contribution in [3.63, 3.8) is 0 Å². The summed E-state index contributed by atoms with van der Waals surface area (Å²) < 4.78 is 4.94. The summed E-state index contributed by atoms with van der Waals surface area (Å²) in [6, 6.07) is 10.8. The molecule has 0 atom stereocenters. The molecule has 1 aromatic heterocycles. The van der Waals surface area contributed by atoms with Crippen molar-refractivity contribution in [1.29, 1.82) is 0 Å². The van der Waals surface area contributed by atoms with Crippen LogP contribution in [0.1, 0.15) is 27.6 Å². The summed E-state index contributed by atoms with van der Waals surface area (Å²) in [5.41, 5.74) is 4.47. The molecule has 0 unspecified atom stereocenters. The first-order chi connectivity index (χ1) is 16.3. The first-order valence-corrected chi connectivity index (χ1v) is 9.64. The fourth-order valence-electron chi connectivity index (χ4n) is 2.73. The highest BCUT2D eigenvalue weighted by molar-refractivity contribution is 5.95. The Bertz CT molecular complexity index is 1250. The number of benzene rings is 2. The van der Waals surface area contributed by atoms with E-state index in [-0.39, 0.29) is 35.1 Å². The minimum Gasteiger partial charge on any atom is -0.462 e. The van der Waals surface area contributed by atoms with E-state index in [1.54, 1.807) is 19.1 Å². The molecule has 1 heterocycles. The number of carbonyl (C=O) groups is 2. The number of nitrogens with one attached hydrogen (secondary N) is 3. The van der Waals surface area contributed by atoms with Gasteiger partial charge in [0, 0.05) is 23.4 Å². The van der Waals surface area contributed by atoms with Gasteiger partial charge in [-0.2, -0.15) is 0 Å². The van der Waals surface area contributed by atoms with Gasteiger partial charge in [-0.1, -0.05) is 6.07 Å². The molecule has 2 aromatic carbocycles. The summed E-state index contributed by atoms with van der Waals surface area (Å²) in [4.78, 5) is 53.0. The topological polar surface area (TPSA) is 192 Å². The Morgan fingerprint density at radius 1 is 0.971 bits per heavy atom. The number of nitro groups is 2. The van der Waals surface area contributed by atoms with Gasteiger partial charge in [0.05, 0.1) is 22.0 Å². The molecule has 0 aliphatic heterocycles. The van der Waals surface area contributed by atoms with Crippen LogP contribution < -0.4 is 16.2 Å². The number of nitrogens with zero attached hydrogens (tertiary/aromatic N) is 4. The lowest BCUT2D eigenvalue weighted by atomic mass is 10.2. The van der Waals surface area contributed by atoms with Crippen LogP contribution in [0.25, 0.3) is 0 Å². The Morgan fingerprint density at radius 2 is 1.68 bits per heavy atom. The van der Waals surface area contributed by atoms with Gasteiger partial charge in [-0.05, 0) is 37.3 Å². The largest absolute Gasteiger partial charge is 0.462 e. The van der Waals surface area contributed by atoms with Gasteiger partial charge >= 0.3 is 11.7 Å². The molecule has 0 fully saturated rings. The van der Waals surface area contributed by atoms with Gasteiger partial charge in [0.1, 0.15) is 6.33 Å². The zero-order valence-electron chi connectivity index (χ0n) is 17.5. The van der Waals surface area contributed by atoms with Gasteiger partial charge in [-0.3, -0.25) is 35.9 Å². The van der Waals surface area contributed by atoms with Crippen LogP contribution in [0.4, 0.5) is 28.7 Å². The third-order valence-electron chi connectivity index (χ3n) is 4.28. The Kier molecular flexibility index (Phi) is 7.23. The highest BCUT2D eigenvalue weighted by Gasteiger charge is 2.24. The number of nitro benzene ring substituents is 1. The van der Waals surface area contributed by atoms with E-state index in [9.17, 15) is 29.8 Å². The predicted molar refractivity (Wildman–Crippen MR) is 119 cm³/mol. The normalized spacial score (nSPS) is 10.1. The van der Waals surface area contributed by atoms with Crippen molar-refractivity contribution in [3.05, 3.63) is 86.2 Å². The second-order valence-corrected chi connectivity index (χ2v) is 6.49. The molecular formula is C20H17N7O7. The maximum absolute atomic E-state index is 12.3. The van der Waals surface area contributed by atoms with Crippen molar-refractivity contribution < 1.29 is 24.2 Å². The number of hydrazine groups is 1. The number of esters is 1. The Labute approximate surface area is 191 Å². The lowest BCUT2D eigenvalue weighted by Crippen LogP contribution is -2.30. The monoisotopic (exact) mass is 467 g/mol. The first kappa shape index (κ1) is 23.5. The van der Waals surface area contributed by atoms with E-state index in [0.29, 0.717) is 5.69 Å². The van der Waals surface area contributed by atoms with Crippen molar-refractivity contribution in [2.45, 2.75) is 6.92 Å². The van der Waals surface area contributed by atoms with E-state index in [4.69, 9.17) is 4.74 Å². The molecule has 0 saturated carbocycles. The number of non-ortho nitro benzene ring substituents is 1. The van der Waals surface area contributed by atoms with E-state index in [2.05, 4.69) is 26.1 Å². The zero-order chi connectivity index (χ0) is 24.7. The van der Waals surface area contributed by atoms with Crippen LogP contribution in [0.2, 0.25) is 0 Å².